The fraction of sp³-hybridized carbons (Fsp3) is 0.429. The van der Waals surface area contributed by atoms with Crippen molar-refractivity contribution in [2.45, 2.75) is 25.7 Å². The summed E-state index contributed by atoms with van der Waals surface area (Å²) in [5.41, 5.74) is 0.913. The lowest BCUT2D eigenvalue weighted by atomic mass is 10.2. The normalized spacial score (nSPS) is 18.9. The molecule has 2 rings (SSSR count). The molecule has 0 radical (unpaired) electrons. The van der Waals surface area contributed by atoms with Crippen LogP contribution in [0.1, 0.15) is 31.2 Å². The van der Waals surface area contributed by atoms with Crippen LogP contribution in [-0.4, -0.2) is 25.8 Å². The molecule has 0 aromatic heterocycles. The van der Waals surface area contributed by atoms with Gasteiger partial charge < -0.3 is 0 Å². The van der Waals surface area contributed by atoms with Gasteiger partial charge in [-0.15, -0.1) is 0 Å². The number of rotatable bonds is 3. The predicted octanol–water partition coefficient (Wildman–Crippen LogP) is 2.86. The van der Waals surface area contributed by atoms with Crippen LogP contribution in [0.2, 0.25) is 0 Å². The molecule has 1 saturated heterocycles. The second-order valence-corrected chi connectivity index (χ2v) is 6.39. The molecule has 0 unspecified atom stereocenters. The molecule has 98 valence electrons. The van der Waals surface area contributed by atoms with Crippen molar-refractivity contribution in [2.75, 3.05) is 13.1 Å². The molecule has 4 heteroatoms. The maximum atomic E-state index is 12.2. The average Bonchev–Trinajstić information content (AvgIpc) is 2.67. The molecule has 0 aliphatic carbocycles. The minimum absolute atomic E-state index is 0.654. The van der Waals surface area contributed by atoms with Gasteiger partial charge in [0.25, 0.3) is 0 Å². The van der Waals surface area contributed by atoms with Crippen molar-refractivity contribution in [3.63, 3.8) is 0 Å². The lowest BCUT2D eigenvalue weighted by molar-refractivity contribution is 0.430. The van der Waals surface area contributed by atoms with Crippen LogP contribution in [0.25, 0.3) is 6.08 Å². The Hall–Kier alpha value is -1.13. The van der Waals surface area contributed by atoms with Crippen LogP contribution in [0.3, 0.4) is 0 Å². The van der Waals surface area contributed by atoms with Crippen molar-refractivity contribution in [1.82, 2.24) is 4.31 Å². The minimum atomic E-state index is -3.25. The van der Waals surface area contributed by atoms with E-state index in [2.05, 4.69) is 0 Å². The van der Waals surface area contributed by atoms with Crippen LogP contribution in [0, 0.1) is 0 Å². The second-order valence-electron chi connectivity index (χ2n) is 4.57. The number of nitrogens with zero attached hydrogens (tertiary/aromatic N) is 1. The molecule has 0 N–H and O–H groups in total. The van der Waals surface area contributed by atoms with Gasteiger partial charge in [-0.1, -0.05) is 43.2 Å². The number of benzene rings is 1. The predicted molar refractivity (Wildman–Crippen MR) is 74.4 cm³/mol. The number of sulfonamides is 1. The van der Waals surface area contributed by atoms with E-state index in [1.54, 1.807) is 10.4 Å². The van der Waals surface area contributed by atoms with Crippen molar-refractivity contribution < 1.29 is 8.42 Å². The highest BCUT2D eigenvalue weighted by Gasteiger charge is 2.19. The Bertz CT molecular complexity index is 486. The van der Waals surface area contributed by atoms with Crippen molar-refractivity contribution in [3.05, 3.63) is 41.3 Å². The van der Waals surface area contributed by atoms with Gasteiger partial charge in [0.15, 0.2) is 0 Å². The molecule has 0 amide bonds. The van der Waals surface area contributed by atoms with Gasteiger partial charge in [0, 0.05) is 18.5 Å². The summed E-state index contributed by atoms with van der Waals surface area (Å²) in [6.07, 6.45) is 5.87. The summed E-state index contributed by atoms with van der Waals surface area (Å²) in [7, 11) is -3.25. The molecule has 18 heavy (non-hydrogen) atoms. The molecular formula is C14H19NO2S. The molecule has 1 aromatic carbocycles. The minimum Gasteiger partial charge on any atom is -0.208 e. The molecule has 0 atom stereocenters. The zero-order chi connectivity index (χ0) is 12.8. The van der Waals surface area contributed by atoms with E-state index >= 15 is 0 Å². The first-order valence-electron chi connectivity index (χ1n) is 6.42. The number of hydrogen-bond acceptors (Lipinski definition) is 2. The third-order valence-electron chi connectivity index (χ3n) is 3.16. The van der Waals surface area contributed by atoms with Crippen LogP contribution >= 0.6 is 0 Å². The first kappa shape index (κ1) is 13.3. The van der Waals surface area contributed by atoms with Crippen LogP contribution in [0.4, 0.5) is 0 Å². The summed E-state index contributed by atoms with van der Waals surface area (Å²) in [6, 6.07) is 9.51. The topological polar surface area (TPSA) is 37.4 Å². The van der Waals surface area contributed by atoms with Crippen molar-refractivity contribution in [3.8, 4) is 0 Å². The van der Waals surface area contributed by atoms with Crippen LogP contribution in [0.15, 0.2) is 35.7 Å². The van der Waals surface area contributed by atoms with Crippen LogP contribution in [-0.2, 0) is 10.0 Å². The van der Waals surface area contributed by atoms with E-state index in [1.165, 1.54) is 5.41 Å². The Kier molecular flexibility index (Phi) is 4.55. The highest BCUT2D eigenvalue weighted by Crippen LogP contribution is 2.15. The fourth-order valence-corrected chi connectivity index (χ4v) is 3.38. The standard InChI is InChI=1S/C14H19NO2S/c16-18(17,15-11-6-1-2-7-12-15)13-10-14-8-4-3-5-9-14/h3-5,8-10,13H,1-2,6-7,11-12H2/b13-10+. The summed E-state index contributed by atoms with van der Waals surface area (Å²) in [6.45, 7) is 1.31. The summed E-state index contributed by atoms with van der Waals surface area (Å²) >= 11 is 0. The van der Waals surface area contributed by atoms with Crippen molar-refractivity contribution in [1.29, 1.82) is 0 Å². The third kappa shape index (κ3) is 3.68. The third-order valence-corrected chi connectivity index (χ3v) is 4.72. The molecule has 0 bridgehead atoms. The molecule has 1 aromatic rings. The number of hydrogen-bond donors (Lipinski definition) is 0. The molecule has 1 fully saturated rings. The van der Waals surface area contributed by atoms with Gasteiger partial charge in [-0.25, -0.2) is 8.42 Å². The average molecular weight is 265 g/mol. The van der Waals surface area contributed by atoms with Gasteiger partial charge in [-0.3, -0.25) is 0 Å². The maximum absolute atomic E-state index is 12.2. The SMILES string of the molecule is O=S(=O)(/C=C/c1ccccc1)N1CCCCCC1. The van der Waals surface area contributed by atoms with Gasteiger partial charge in [0.1, 0.15) is 0 Å². The molecular weight excluding hydrogens is 246 g/mol. The van der Waals surface area contributed by atoms with E-state index in [1.807, 2.05) is 30.3 Å². The van der Waals surface area contributed by atoms with Crippen LogP contribution < -0.4 is 0 Å². The fourth-order valence-electron chi connectivity index (χ4n) is 2.11. The summed E-state index contributed by atoms with van der Waals surface area (Å²) in [5.74, 6) is 0. The van der Waals surface area contributed by atoms with E-state index < -0.39 is 10.0 Å². The Morgan fingerprint density at radius 1 is 0.944 bits per heavy atom. The molecule has 1 heterocycles. The highest BCUT2D eigenvalue weighted by molar-refractivity contribution is 7.92. The van der Waals surface area contributed by atoms with Gasteiger partial charge >= 0.3 is 0 Å². The second kappa shape index (κ2) is 6.16. The molecule has 1 aliphatic rings. The molecule has 3 nitrogen and oxygen atoms in total. The maximum Gasteiger partial charge on any atom is 0.236 e. The Labute approximate surface area is 109 Å². The largest absolute Gasteiger partial charge is 0.236 e. The van der Waals surface area contributed by atoms with Gasteiger partial charge in [-0.05, 0) is 24.5 Å². The van der Waals surface area contributed by atoms with Crippen molar-refractivity contribution in [2.24, 2.45) is 0 Å². The molecule has 1 aliphatic heterocycles. The Morgan fingerprint density at radius 3 is 2.17 bits per heavy atom. The quantitative estimate of drug-likeness (QED) is 0.842. The Morgan fingerprint density at radius 2 is 1.56 bits per heavy atom. The van der Waals surface area contributed by atoms with E-state index in [9.17, 15) is 8.42 Å². The van der Waals surface area contributed by atoms with Crippen LogP contribution in [0.5, 0.6) is 0 Å². The smallest absolute Gasteiger partial charge is 0.208 e. The molecule has 0 saturated carbocycles. The monoisotopic (exact) mass is 265 g/mol. The van der Waals surface area contributed by atoms with Gasteiger partial charge in [0.05, 0.1) is 0 Å². The first-order valence-corrected chi connectivity index (χ1v) is 7.92. The zero-order valence-corrected chi connectivity index (χ0v) is 11.3. The summed E-state index contributed by atoms with van der Waals surface area (Å²) in [5, 5.41) is 1.33. The summed E-state index contributed by atoms with van der Waals surface area (Å²) in [4.78, 5) is 0. The van der Waals surface area contributed by atoms with E-state index in [4.69, 9.17) is 0 Å². The lowest BCUT2D eigenvalue weighted by Crippen LogP contribution is -2.30. The first-order chi connectivity index (χ1) is 8.68. The zero-order valence-electron chi connectivity index (χ0n) is 10.5. The van der Waals surface area contributed by atoms with E-state index in [0.29, 0.717) is 13.1 Å². The van der Waals surface area contributed by atoms with Crippen molar-refractivity contribution >= 4 is 16.1 Å². The summed E-state index contributed by atoms with van der Waals surface area (Å²) < 4.78 is 25.9. The van der Waals surface area contributed by atoms with Gasteiger partial charge in [-0.2, -0.15) is 4.31 Å². The lowest BCUT2D eigenvalue weighted by Gasteiger charge is -2.17. The van der Waals surface area contributed by atoms with Gasteiger partial charge in [0.2, 0.25) is 10.0 Å². The molecule has 0 spiro atoms. The Balaban J connectivity index is 2.09. The van der Waals surface area contributed by atoms with E-state index in [0.717, 1.165) is 31.2 Å². The highest BCUT2D eigenvalue weighted by atomic mass is 32.2. The van der Waals surface area contributed by atoms with E-state index in [-0.39, 0.29) is 0 Å².